The summed E-state index contributed by atoms with van der Waals surface area (Å²) in [5, 5.41) is 0. The highest BCUT2D eigenvalue weighted by Crippen LogP contribution is 2.18. The minimum Gasteiger partial charge on any atom is -0.497 e. The Balaban J connectivity index is 2.07. The molecule has 2 N–H and O–H groups in total. The summed E-state index contributed by atoms with van der Waals surface area (Å²) in [5.41, 5.74) is 7.13. The highest BCUT2D eigenvalue weighted by Gasteiger charge is 2.07. The van der Waals surface area contributed by atoms with E-state index in [0.717, 1.165) is 11.3 Å². The largest absolute Gasteiger partial charge is 0.497 e. The van der Waals surface area contributed by atoms with Crippen LogP contribution >= 0.6 is 12.2 Å². The third-order valence-electron chi connectivity index (χ3n) is 2.56. The van der Waals surface area contributed by atoms with E-state index in [0.29, 0.717) is 18.1 Å². The normalized spacial score (nSPS) is 9.95. The van der Waals surface area contributed by atoms with Crippen LogP contribution in [0.15, 0.2) is 42.6 Å². The van der Waals surface area contributed by atoms with Crippen molar-refractivity contribution in [1.82, 2.24) is 4.98 Å². The molecule has 5 heteroatoms. The lowest BCUT2D eigenvalue weighted by Gasteiger charge is -2.09. The smallest absolute Gasteiger partial charge is 0.148 e. The van der Waals surface area contributed by atoms with Gasteiger partial charge in [-0.15, -0.1) is 0 Å². The second kappa shape index (κ2) is 6.15. The van der Waals surface area contributed by atoms with E-state index in [2.05, 4.69) is 4.98 Å². The van der Waals surface area contributed by atoms with E-state index in [4.69, 9.17) is 27.4 Å². The Morgan fingerprint density at radius 1 is 1.26 bits per heavy atom. The first-order valence-electron chi connectivity index (χ1n) is 5.71. The van der Waals surface area contributed by atoms with Gasteiger partial charge in [-0.1, -0.05) is 24.4 Å². The molecule has 2 rings (SSSR count). The molecule has 1 aromatic heterocycles. The van der Waals surface area contributed by atoms with Crippen molar-refractivity contribution in [2.45, 2.75) is 6.61 Å². The zero-order chi connectivity index (χ0) is 13.7. The summed E-state index contributed by atoms with van der Waals surface area (Å²) in [4.78, 5) is 4.33. The average molecular weight is 274 g/mol. The van der Waals surface area contributed by atoms with E-state index in [9.17, 15) is 0 Å². The van der Waals surface area contributed by atoms with Gasteiger partial charge in [0.1, 0.15) is 28.8 Å². The van der Waals surface area contributed by atoms with Gasteiger partial charge >= 0.3 is 0 Å². The molecule has 1 aromatic carbocycles. The summed E-state index contributed by atoms with van der Waals surface area (Å²) in [6, 6.07) is 11.2. The van der Waals surface area contributed by atoms with Crippen molar-refractivity contribution < 1.29 is 9.47 Å². The van der Waals surface area contributed by atoms with Crippen LogP contribution in [0.2, 0.25) is 0 Å². The highest BCUT2D eigenvalue weighted by atomic mass is 32.1. The molecule has 0 spiro atoms. The fraction of sp³-hybridized carbons (Fsp3) is 0.143. The number of benzene rings is 1. The average Bonchev–Trinajstić information content (AvgIpc) is 2.46. The van der Waals surface area contributed by atoms with Crippen LogP contribution < -0.4 is 15.2 Å². The summed E-state index contributed by atoms with van der Waals surface area (Å²) in [6.07, 6.45) is 1.63. The van der Waals surface area contributed by atoms with Crippen LogP contribution in [0.1, 0.15) is 11.3 Å². The first-order valence-corrected chi connectivity index (χ1v) is 6.12. The standard InChI is InChI=1S/C14H14N2O2S/c1-17-11-6-4-10(5-7-11)9-18-12-3-2-8-16-13(12)14(15)19/h2-8H,9H2,1H3,(H2,15,19). The molecule has 4 nitrogen and oxygen atoms in total. The zero-order valence-electron chi connectivity index (χ0n) is 10.5. The predicted octanol–water partition coefficient (Wildman–Crippen LogP) is 2.30. The number of hydrogen-bond acceptors (Lipinski definition) is 4. The zero-order valence-corrected chi connectivity index (χ0v) is 11.3. The van der Waals surface area contributed by atoms with Crippen molar-refractivity contribution in [2.75, 3.05) is 7.11 Å². The number of pyridine rings is 1. The molecular weight excluding hydrogens is 260 g/mol. The Morgan fingerprint density at radius 2 is 2.00 bits per heavy atom. The molecule has 0 fully saturated rings. The molecule has 0 unspecified atom stereocenters. The number of thiocarbonyl (C=S) groups is 1. The minimum atomic E-state index is 0.227. The van der Waals surface area contributed by atoms with Gasteiger partial charge in [0.25, 0.3) is 0 Å². The molecule has 0 amide bonds. The van der Waals surface area contributed by atoms with E-state index < -0.39 is 0 Å². The van der Waals surface area contributed by atoms with Gasteiger partial charge in [0.05, 0.1) is 7.11 Å². The van der Waals surface area contributed by atoms with Gasteiger partial charge in [0, 0.05) is 6.20 Å². The lowest BCUT2D eigenvalue weighted by atomic mass is 10.2. The summed E-state index contributed by atoms with van der Waals surface area (Å²) < 4.78 is 10.8. The number of nitrogens with two attached hydrogens (primary N) is 1. The van der Waals surface area contributed by atoms with E-state index in [-0.39, 0.29) is 4.99 Å². The fourth-order valence-electron chi connectivity index (χ4n) is 1.57. The summed E-state index contributed by atoms with van der Waals surface area (Å²) in [7, 11) is 1.63. The molecule has 2 aromatic rings. The second-order valence-corrected chi connectivity index (χ2v) is 4.29. The van der Waals surface area contributed by atoms with Gasteiger partial charge in [-0.05, 0) is 29.8 Å². The van der Waals surface area contributed by atoms with Crippen molar-refractivity contribution in [1.29, 1.82) is 0 Å². The topological polar surface area (TPSA) is 57.4 Å². The Kier molecular flexibility index (Phi) is 4.30. The van der Waals surface area contributed by atoms with Gasteiger partial charge in [0.15, 0.2) is 0 Å². The van der Waals surface area contributed by atoms with Crippen LogP contribution in [0.3, 0.4) is 0 Å². The van der Waals surface area contributed by atoms with Crippen molar-refractivity contribution in [3.8, 4) is 11.5 Å². The Morgan fingerprint density at radius 3 is 2.63 bits per heavy atom. The van der Waals surface area contributed by atoms with Crippen molar-refractivity contribution in [3.05, 3.63) is 53.9 Å². The molecule has 0 bridgehead atoms. The molecule has 0 atom stereocenters. The maximum atomic E-state index is 5.69. The van der Waals surface area contributed by atoms with Crippen LogP contribution in [0, 0.1) is 0 Å². The first kappa shape index (κ1) is 13.3. The van der Waals surface area contributed by atoms with Crippen LogP contribution in [-0.4, -0.2) is 17.1 Å². The van der Waals surface area contributed by atoms with E-state index in [1.807, 2.05) is 24.3 Å². The quantitative estimate of drug-likeness (QED) is 0.848. The summed E-state index contributed by atoms with van der Waals surface area (Å²) in [6.45, 7) is 0.422. The number of methoxy groups -OCH3 is 1. The molecule has 0 saturated carbocycles. The van der Waals surface area contributed by atoms with E-state index in [1.54, 1.807) is 25.4 Å². The lowest BCUT2D eigenvalue weighted by molar-refractivity contribution is 0.304. The SMILES string of the molecule is COc1ccc(COc2cccnc2C(N)=S)cc1. The van der Waals surface area contributed by atoms with Gasteiger partial charge in [-0.25, -0.2) is 4.98 Å². The van der Waals surface area contributed by atoms with Gasteiger partial charge < -0.3 is 15.2 Å². The third-order valence-corrected chi connectivity index (χ3v) is 2.75. The van der Waals surface area contributed by atoms with Crippen molar-refractivity contribution in [3.63, 3.8) is 0 Å². The molecule has 0 aliphatic rings. The molecule has 98 valence electrons. The van der Waals surface area contributed by atoms with Crippen molar-refractivity contribution >= 4 is 17.2 Å². The van der Waals surface area contributed by atoms with Crippen LogP contribution in [0.4, 0.5) is 0 Å². The second-order valence-electron chi connectivity index (χ2n) is 3.85. The Hall–Kier alpha value is -2.14. The van der Waals surface area contributed by atoms with Gasteiger partial charge in [0.2, 0.25) is 0 Å². The maximum Gasteiger partial charge on any atom is 0.148 e. The minimum absolute atomic E-state index is 0.227. The van der Waals surface area contributed by atoms with E-state index in [1.165, 1.54) is 0 Å². The Labute approximate surface area is 117 Å². The fourth-order valence-corrected chi connectivity index (χ4v) is 1.73. The van der Waals surface area contributed by atoms with Gasteiger partial charge in [-0.2, -0.15) is 0 Å². The number of ether oxygens (including phenoxy) is 2. The molecule has 19 heavy (non-hydrogen) atoms. The maximum absolute atomic E-state index is 5.69. The molecule has 0 radical (unpaired) electrons. The van der Waals surface area contributed by atoms with Crippen LogP contribution in [0.25, 0.3) is 0 Å². The monoisotopic (exact) mass is 274 g/mol. The molecule has 0 saturated heterocycles. The number of rotatable bonds is 5. The van der Waals surface area contributed by atoms with Crippen LogP contribution in [-0.2, 0) is 6.61 Å². The Bertz CT molecular complexity index is 570. The number of aromatic nitrogens is 1. The van der Waals surface area contributed by atoms with Crippen LogP contribution in [0.5, 0.6) is 11.5 Å². The van der Waals surface area contributed by atoms with Gasteiger partial charge in [-0.3, -0.25) is 0 Å². The van der Waals surface area contributed by atoms with E-state index >= 15 is 0 Å². The van der Waals surface area contributed by atoms with Crippen molar-refractivity contribution in [2.24, 2.45) is 5.73 Å². The highest BCUT2D eigenvalue weighted by molar-refractivity contribution is 7.80. The molecular formula is C14H14N2O2S. The molecule has 0 aliphatic carbocycles. The first-order chi connectivity index (χ1) is 9.20. The number of nitrogens with zero attached hydrogens (tertiary/aromatic N) is 1. The third kappa shape index (κ3) is 3.42. The molecule has 0 aliphatic heterocycles. The summed E-state index contributed by atoms with van der Waals surface area (Å²) >= 11 is 4.93. The number of hydrogen-bond donors (Lipinski definition) is 1. The predicted molar refractivity (Wildman–Crippen MR) is 77.5 cm³/mol. The summed E-state index contributed by atoms with van der Waals surface area (Å²) in [5.74, 6) is 1.40. The lowest BCUT2D eigenvalue weighted by Crippen LogP contribution is -2.13. The molecule has 1 heterocycles.